The molecule has 0 bridgehead atoms. The normalized spacial score (nSPS) is 19.8. The highest BCUT2D eigenvalue weighted by Crippen LogP contribution is 2.38. The van der Waals surface area contributed by atoms with Crippen molar-refractivity contribution in [1.82, 2.24) is 9.88 Å². The summed E-state index contributed by atoms with van der Waals surface area (Å²) in [7, 11) is 1.93. The van der Waals surface area contributed by atoms with Crippen LogP contribution < -0.4 is 15.6 Å². The smallest absolute Gasteiger partial charge is 0.341 e. The summed E-state index contributed by atoms with van der Waals surface area (Å²) in [5, 5.41) is 12.6. The van der Waals surface area contributed by atoms with Gasteiger partial charge in [0.2, 0.25) is 5.43 Å². The van der Waals surface area contributed by atoms with E-state index in [0.29, 0.717) is 17.1 Å². The van der Waals surface area contributed by atoms with Crippen molar-refractivity contribution in [3.05, 3.63) is 39.9 Å². The Kier molecular flexibility index (Phi) is 4.63. The minimum absolute atomic E-state index is 0.147. The molecular formula is C20H24FN3O3. The molecule has 0 radical (unpaired) electrons. The second kappa shape index (κ2) is 6.96. The Morgan fingerprint density at radius 1 is 1.33 bits per heavy atom. The van der Waals surface area contributed by atoms with Crippen molar-refractivity contribution in [2.75, 3.05) is 31.6 Å². The molecule has 0 spiro atoms. The fraction of sp³-hybridized carbons (Fsp3) is 0.500. The average molecular weight is 373 g/mol. The van der Waals surface area contributed by atoms with Crippen molar-refractivity contribution >= 4 is 22.6 Å². The van der Waals surface area contributed by atoms with Gasteiger partial charge in [0.1, 0.15) is 11.4 Å². The maximum Gasteiger partial charge on any atom is 0.341 e. The number of rotatable bonds is 6. The van der Waals surface area contributed by atoms with Crippen molar-refractivity contribution in [3.8, 4) is 0 Å². The molecule has 6 nitrogen and oxygen atoms in total. The lowest BCUT2D eigenvalue weighted by Gasteiger charge is -2.21. The number of pyridine rings is 1. The molecule has 1 aromatic heterocycles. The number of hydrogen-bond donors (Lipinski definition) is 2. The van der Waals surface area contributed by atoms with Gasteiger partial charge in [0.05, 0.1) is 11.2 Å². The number of carbonyl (C=O) groups is 1. The number of benzene rings is 1. The van der Waals surface area contributed by atoms with Crippen LogP contribution >= 0.6 is 0 Å². The topological polar surface area (TPSA) is 74.6 Å². The highest BCUT2D eigenvalue weighted by Gasteiger charge is 2.29. The first-order valence-corrected chi connectivity index (χ1v) is 9.51. The molecule has 7 heteroatoms. The summed E-state index contributed by atoms with van der Waals surface area (Å²) >= 11 is 0. The number of hydrogen-bond acceptors (Lipinski definition) is 4. The molecule has 4 rings (SSSR count). The molecule has 2 aliphatic rings. The molecule has 2 N–H and O–H groups in total. The molecule has 2 fully saturated rings. The fourth-order valence-corrected chi connectivity index (χ4v) is 4.04. The maximum absolute atomic E-state index is 14.9. The first kappa shape index (κ1) is 18.0. The van der Waals surface area contributed by atoms with Gasteiger partial charge in [-0.1, -0.05) is 0 Å². The molecule has 0 unspecified atom stereocenters. The summed E-state index contributed by atoms with van der Waals surface area (Å²) in [4.78, 5) is 26.0. The second-order valence-corrected chi connectivity index (χ2v) is 7.63. The zero-order valence-electron chi connectivity index (χ0n) is 15.4. The summed E-state index contributed by atoms with van der Waals surface area (Å²) in [6.45, 7) is 2.53. The lowest BCUT2D eigenvalue weighted by atomic mass is 10.1. The van der Waals surface area contributed by atoms with Crippen molar-refractivity contribution in [1.29, 1.82) is 0 Å². The van der Waals surface area contributed by atoms with E-state index < -0.39 is 17.2 Å². The standard InChI is InChI=1S/C20H24FN3O3/c1-22-6-4-12-5-7-23(10-12)18-9-17-14(8-16(18)21)19(25)15(20(26)27)11-24(17)13-2-3-13/h8-9,11-13,22H,2-7,10H2,1H3,(H,26,27)/t12-/m1/s1. The highest BCUT2D eigenvalue weighted by atomic mass is 19.1. The van der Waals surface area contributed by atoms with Crippen LogP contribution in [-0.4, -0.2) is 42.3 Å². The summed E-state index contributed by atoms with van der Waals surface area (Å²) in [6.07, 6.45) is 5.38. The van der Waals surface area contributed by atoms with E-state index in [1.807, 2.05) is 16.5 Å². The molecule has 0 amide bonds. The third-order valence-electron chi connectivity index (χ3n) is 5.70. The van der Waals surface area contributed by atoms with Crippen LogP contribution in [0.3, 0.4) is 0 Å². The van der Waals surface area contributed by atoms with Gasteiger partial charge >= 0.3 is 5.97 Å². The van der Waals surface area contributed by atoms with E-state index in [0.717, 1.165) is 45.3 Å². The van der Waals surface area contributed by atoms with E-state index in [1.54, 1.807) is 6.07 Å². The number of nitrogens with zero attached hydrogens (tertiary/aromatic N) is 2. The first-order valence-electron chi connectivity index (χ1n) is 9.51. The summed E-state index contributed by atoms with van der Waals surface area (Å²) in [5.41, 5.74) is 0.219. The number of carboxylic acids is 1. The molecule has 1 atom stereocenters. The predicted octanol–water partition coefficient (Wildman–Crippen LogP) is 2.61. The number of nitrogens with one attached hydrogen (secondary N) is 1. The summed E-state index contributed by atoms with van der Waals surface area (Å²) < 4.78 is 16.7. The van der Waals surface area contributed by atoms with Gasteiger partial charge < -0.3 is 19.9 Å². The monoisotopic (exact) mass is 373 g/mol. The van der Waals surface area contributed by atoms with Gasteiger partial charge in [-0.3, -0.25) is 4.79 Å². The number of halogens is 1. The van der Waals surface area contributed by atoms with Gasteiger partial charge in [-0.2, -0.15) is 0 Å². The van der Waals surface area contributed by atoms with E-state index in [2.05, 4.69) is 5.32 Å². The number of fused-ring (bicyclic) bond motifs is 1. The quantitative estimate of drug-likeness (QED) is 0.814. The average Bonchev–Trinajstić information content (AvgIpc) is 3.38. The van der Waals surface area contributed by atoms with Gasteiger partial charge in [-0.15, -0.1) is 0 Å². The van der Waals surface area contributed by atoms with Crippen molar-refractivity contribution in [2.45, 2.75) is 31.7 Å². The first-order chi connectivity index (χ1) is 13.0. The molecule has 144 valence electrons. The number of carboxylic acid groups (broad SMARTS) is 1. The molecule has 27 heavy (non-hydrogen) atoms. The zero-order chi connectivity index (χ0) is 19.1. The molecule has 1 aliphatic carbocycles. The molecule has 2 aromatic rings. The molecule has 2 heterocycles. The minimum atomic E-state index is -1.27. The Balaban J connectivity index is 1.77. The van der Waals surface area contributed by atoms with E-state index in [9.17, 15) is 19.1 Å². The molecule has 1 aromatic carbocycles. The van der Waals surface area contributed by atoms with E-state index in [1.165, 1.54) is 12.3 Å². The van der Waals surface area contributed by atoms with E-state index in [-0.39, 0.29) is 17.0 Å². The Hall–Kier alpha value is -2.41. The molecule has 1 saturated heterocycles. The molecule has 1 saturated carbocycles. The van der Waals surface area contributed by atoms with Crippen molar-refractivity contribution < 1.29 is 14.3 Å². The third kappa shape index (κ3) is 3.32. The van der Waals surface area contributed by atoms with Crippen LogP contribution in [0, 0.1) is 11.7 Å². The van der Waals surface area contributed by atoms with Crippen LogP contribution in [0.25, 0.3) is 10.9 Å². The highest BCUT2D eigenvalue weighted by molar-refractivity contribution is 5.93. The summed E-state index contributed by atoms with van der Waals surface area (Å²) in [6, 6.07) is 3.14. The van der Waals surface area contributed by atoms with E-state index >= 15 is 0 Å². The molecule has 1 aliphatic heterocycles. The van der Waals surface area contributed by atoms with Crippen LogP contribution in [0.2, 0.25) is 0 Å². The Labute approximate surface area is 156 Å². The van der Waals surface area contributed by atoms with Crippen LogP contribution in [0.5, 0.6) is 0 Å². The van der Waals surface area contributed by atoms with Crippen molar-refractivity contribution in [3.63, 3.8) is 0 Å². The van der Waals surface area contributed by atoms with Crippen molar-refractivity contribution in [2.24, 2.45) is 5.92 Å². The zero-order valence-corrected chi connectivity index (χ0v) is 15.4. The maximum atomic E-state index is 14.9. The lowest BCUT2D eigenvalue weighted by Crippen LogP contribution is -2.23. The van der Waals surface area contributed by atoms with Gasteiger partial charge in [-0.05, 0) is 57.3 Å². The van der Waals surface area contributed by atoms with Crippen LogP contribution in [0.1, 0.15) is 42.1 Å². The van der Waals surface area contributed by atoms with Gasteiger partial charge in [0.15, 0.2) is 0 Å². The van der Waals surface area contributed by atoms with Gasteiger partial charge in [0, 0.05) is 30.7 Å². The fourth-order valence-electron chi connectivity index (χ4n) is 4.04. The Morgan fingerprint density at radius 2 is 2.11 bits per heavy atom. The number of aromatic nitrogens is 1. The third-order valence-corrected chi connectivity index (χ3v) is 5.70. The Morgan fingerprint density at radius 3 is 2.78 bits per heavy atom. The predicted molar refractivity (Wildman–Crippen MR) is 102 cm³/mol. The van der Waals surface area contributed by atoms with Crippen LogP contribution in [0.4, 0.5) is 10.1 Å². The summed E-state index contributed by atoms with van der Waals surface area (Å²) in [5.74, 6) is -1.21. The van der Waals surface area contributed by atoms with Gasteiger partial charge in [-0.25, -0.2) is 9.18 Å². The largest absolute Gasteiger partial charge is 0.477 e. The van der Waals surface area contributed by atoms with Crippen LogP contribution in [-0.2, 0) is 0 Å². The van der Waals surface area contributed by atoms with Gasteiger partial charge in [0.25, 0.3) is 0 Å². The molecular weight excluding hydrogens is 349 g/mol. The van der Waals surface area contributed by atoms with Crippen LogP contribution in [0.15, 0.2) is 23.1 Å². The Bertz CT molecular complexity index is 952. The second-order valence-electron chi connectivity index (χ2n) is 7.63. The van der Waals surface area contributed by atoms with E-state index in [4.69, 9.17) is 0 Å². The number of aromatic carboxylic acids is 1. The SMILES string of the molecule is CNCC[C@@H]1CCN(c2cc3c(cc2F)c(=O)c(C(=O)O)cn3C2CC2)C1. The minimum Gasteiger partial charge on any atom is -0.477 e. The number of anilines is 1. The lowest BCUT2D eigenvalue weighted by molar-refractivity contribution is 0.0695.